The summed E-state index contributed by atoms with van der Waals surface area (Å²) >= 11 is 0. The van der Waals surface area contributed by atoms with Crippen LogP contribution in [-0.2, 0) is 33.3 Å². The summed E-state index contributed by atoms with van der Waals surface area (Å²) in [6.07, 6.45) is 16.0. The molecule has 0 bridgehead atoms. The fraction of sp³-hybridized carbons (Fsp3) is 0.476. The van der Waals surface area contributed by atoms with Gasteiger partial charge in [0.15, 0.2) is 0 Å². The Hall–Kier alpha value is -4.46. The summed E-state index contributed by atoms with van der Waals surface area (Å²) in [4.78, 5) is 27.2. The first kappa shape index (κ1) is 57.3. The molecule has 0 aliphatic rings. The van der Waals surface area contributed by atoms with Crippen LogP contribution in [0.1, 0.15) is 83.9 Å². The van der Waals surface area contributed by atoms with Crippen molar-refractivity contribution in [2.75, 3.05) is 31.2 Å². The molecule has 310 valence electrons. The lowest BCUT2D eigenvalue weighted by molar-refractivity contribution is -0.135. The van der Waals surface area contributed by atoms with Gasteiger partial charge in [0.1, 0.15) is 24.3 Å². The number of hydrogen-bond acceptors (Lipinski definition) is 5. The van der Waals surface area contributed by atoms with Crippen molar-refractivity contribution < 1.29 is 40.5 Å². The number of benzene rings is 2. The van der Waals surface area contributed by atoms with Crippen LogP contribution in [0.15, 0.2) is 66.8 Å². The summed E-state index contributed by atoms with van der Waals surface area (Å²) in [6.45, 7) is 17.9. The van der Waals surface area contributed by atoms with Gasteiger partial charge in [0.25, 0.3) is 0 Å². The number of hydrogen-bond donors (Lipinski definition) is 2. The van der Waals surface area contributed by atoms with E-state index >= 15 is 0 Å². The molecule has 0 fully saturated rings. The Balaban J connectivity index is -0.000000531. The Morgan fingerprint density at radius 3 is 2.02 bits per heavy atom. The van der Waals surface area contributed by atoms with Gasteiger partial charge in [0.2, 0.25) is 5.91 Å². The minimum Gasteiger partial charge on any atom is -0.445 e. The zero-order chi connectivity index (χ0) is 43.4. The molecule has 0 radical (unpaired) electrons. The number of halogens is 5. The quantitative estimate of drug-likeness (QED) is 0.100. The summed E-state index contributed by atoms with van der Waals surface area (Å²) in [5, 5.41) is 2.43. The second-order valence-corrected chi connectivity index (χ2v) is 12.9. The molecular weight excluding hydrogens is 738 g/mol. The van der Waals surface area contributed by atoms with Gasteiger partial charge in [-0.2, -0.15) is 13.2 Å². The highest BCUT2D eigenvalue weighted by molar-refractivity contribution is 7.85. The maximum atomic E-state index is 13.4. The van der Waals surface area contributed by atoms with Crippen molar-refractivity contribution in [1.29, 1.82) is 0 Å². The topological polar surface area (TPSA) is 102 Å². The normalized spacial score (nSPS) is 11.0. The fourth-order valence-electron chi connectivity index (χ4n) is 4.12. The van der Waals surface area contributed by atoms with Gasteiger partial charge in [-0.1, -0.05) is 70.7 Å². The molecular formula is C42H62F5N3O4S. The van der Waals surface area contributed by atoms with Crippen molar-refractivity contribution in [2.24, 2.45) is 5.73 Å². The van der Waals surface area contributed by atoms with Crippen LogP contribution in [0, 0.1) is 44.3 Å². The number of terminal acetylenes is 2. The highest BCUT2D eigenvalue weighted by Crippen LogP contribution is 2.21. The Morgan fingerprint density at radius 1 is 1.02 bits per heavy atom. The first-order valence-electron chi connectivity index (χ1n) is 17.8. The van der Waals surface area contributed by atoms with Gasteiger partial charge in [-0.05, 0) is 87.4 Å². The lowest BCUT2D eigenvalue weighted by Crippen LogP contribution is -2.51. The van der Waals surface area contributed by atoms with E-state index in [-0.39, 0.29) is 31.1 Å². The number of allylic oxidation sites excluding steroid dienone is 2. The van der Waals surface area contributed by atoms with Crippen LogP contribution in [-0.4, -0.2) is 64.5 Å². The third-order valence-corrected chi connectivity index (χ3v) is 7.87. The number of ether oxygens (including phenoxy) is 1. The Labute approximate surface area is 329 Å². The van der Waals surface area contributed by atoms with Gasteiger partial charge in [0, 0.05) is 42.1 Å². The molecule has 13 heteroatoms. The van der Waals surface area contributed by atoms with Crippen LogP contribution >= 0.6 is 0 Å². The van der Waals surface area contributed by atoms with Crippen LogP contribution in [0.2, 0.25) is 0 Å². The molecule has 0 aliphatic carbocycles. The van der Waals surface area contributed by atoms with E-state index in [1.807, 2.05) is 52.0 Å². The second-order valence-electron chi connectivity index (χ2n) is 11.3. The molecule has 0 aliphatic heterocycles. The summed E-state index contributed by atoms with van der Waals surface area (Å²) in [5.41, 5.74) is 8.80. The molecule has 1 unspecified atom stereocenters. The van der Waals surface area contributed by atoms with Crippen molar-refractivity contribution in [1.82, 2.24) is 10.2 Å². The van der Waals surface area contributed by atoms with Gasteiger partial charge in [-0.25, -0.2) is 13.6 Å². The Kier molecular flexibility index (Phi) is 38.0. The molecule has 0 heterocycles. The lowest BCUT2D eigenvalue weighted by atomic mass is 10.1. The van der Waals surface area contributed by atoms with Gasteiger partial charge in [-0.3, -0.25) is 9.00 Å². The molecule has 0 spiro atoms. The predicted molar refractivity (Wildman–Crippen MR) is 218 cm³/mol. The van der Waals surface area contributed by atoms with Crippen molar-refractivity contribution in [3.63, 3.8) is 0 Å². The standard InChI is InChI=1S/C24H36F3N3O4S.C7H6F2.C5H10.C2H6.2C2H2/c1-4-19-8-5-9-20(14-19)15-30(12-7-11-28)22(31)21(29-23(32)34-16-18(2)3)17-35(33)13-6-10-24(25,26)27;1-5-2-6(8)4-7(9)3-5;1-3-5-4-2;3*1-2/h5,8-9,14,21H,2,4,6-7,10-13,15-17,28H2,1,3H3,(H,29,32);2-4H,1H3;3,5H,4H2,1-2H3;1-2H3;2*1-2H/b;;5-3-;;;/t21-,35?;;;;;/m1...../s1. The number of carbonyl (C=O) groups is 2. The van der Waals surface area contributed by atoms with Crippen LogP contribution in [0.5, 0.6) is 0 Å². The summed E-state index contributed by atoms with van der Waals surface area (Å²) < 4.78 is 79.3. The van der Waals surface area contributed by atoms with E-state index in [1.54, 1.807) is 13.8 Å². The minimum absolute atomic E-state index is 0.0673. The zero-order valence-corrected chi connectivity index (χ0v) is 34.3. The maximum Gasteiger partial charge on any atom is 0.408 e. The average Bonchev–Trinajstić information content (AvgIpc) is 3.14. The lowest BCUT2D eigenvalue weighted by Gasteiger charge is -2.28. The number of nitrogens with two attached hydrogens (primary N) is 1. The second kappa shape index (κ2) is 36.5. The molecule has 0 saturated carbocycles. The third-order valence-electron chi connectivity index (χ3n) is 6.42. The fourth-order valence-corrected chi connectivity index (χ4v) is 5.35. The van der Waals surface area contributed by atoms with E-state index in [0.29, 0.717) is 30.6 Å². The van der Waals surface area contributed by atoms with E-state index in [1.165, 1.54) is 17.0 Å². The van der Waals surface area contributed by atoms with Crippen LogP contribution in [0.3, 0.4) is 0 Å². The van der Waals surface area contributed by atoms with Crippen molar-refractivity contribution in [2.45, 2.75) is 99.3 Å². The van der Waals surface area contributed by atoms with Crippen molar-refractivity contribution in [3.8, 4) is 25.7 Å². The number of nitrogens with zero attached hydrogens (tertiary/aromatic N) is 1. The molecule has 7 nitrogen and oxygen atoms in total. The highest BCUT2D eigenvalue weighted by Gasteiger charge is 2.30. The molecule has 2 amide bonds. The van der Waals surface area contributed by atoms with Crippen LogP contribution in [0.25, 0.3) is 0 Å². The Bertz CT molecular complexity index is 1370. The summed E-state index contributed by atoms with van der Waals surface area (Å²) in [6, 6.07) is 9.90. The molecule has 2 rings (SSSR count). The van der Waals surface area contributed by atoms with E-state index in [2.05, 4.69) is 56.7 Å². The molecule has 3 N–H and O–H groups in total. The number of rotatable bonds is 16. The van der Waals surface area contributed by atoms with E-state index in [4.69, 9.17) is 10.5 Å². The molecule has 2 atom stereocenters. The third kappa shape index (κ3) is 33.8. The van der Waals surface area contributed by atoms with Crippen molar-refractivity contribution in [3.05, 3.63) is 95.1 Å². The number of amides is 2. The average molecular weight is 800 g/mol. The van der Waals surface area contributed by atoms with E-state index in [9.17, 15) is 35.8 Å². The van der Waals surface area contributed by atoms with Crippen LogP contribution in [0.4, 0.5) is 26.7 Å². The smallest absolute Gasteiger partial charge is 0.408 e. The first-order chi connectivity index (χ1) is 26.0. The highest BCUT2D eigenvalue weighted by atomic mass is 32.2. The SMILES string of the molecule is C#C.C#C.C/C=C\CC.C=C(C)COC(=O)N[C@H](CS(=O)CCCC(F)(F)F)C(=O)N(CCCN)Cc1cccc(CC)c1.CC.Cc1cc(F)cc(F)c1. The Morgan fingerprint density at radius 2 is 1.58 bits per heavy atom. The molecule has 2 aromatic carbocycles. The summed E-state index contributed by atoms with van der Waals surface area (Å²) in [5.74, 6) is -2.11. The number of carbonyl (C=O) groups excluding carboxylic acids is 2. The van der Waals surface area contributed by atoms with Crippen LogP contribution < -0.4 is 11.1 Å². The van der Waals surface area contributed by atoms with Gasteiger partial charge >= 0.3 is 12.3 Å². The number of aryl methyl sites for hydroxylation is 2. The van der Waals surface area contributed by atoms with Gasteiger partial charge < -0.3 is 20.7 Å². The predicted octanol–water partition coefficient (Wildman–Crippen LogP) is 9.46. The molecule has 0 saturated heterocycles. The maximum absolute atomic E-state index is 13.4. The molecule has 55 heavy (non-hydrogen) atoms. The van der Waals surface area contributed by atoms with Gasteiger partial charge in [0.05, 0.1) is 5.75 Å². The molecule has 2 aromatic rings. The number of alkyl halides is 3. The first-order valence-corrected chi connectivity index (χ1v) is 19.3. The largest absolute Gasteiger partial charge is 0.445 e. The van der Waals surface area contributed by atoms with Crippen molar-refractivity contribution >= 4 is 22.8 Å². The van der Waals surface area contributed by atoms with Gasteiger partial charge in [-0.15, -0.1) is 25.7 Å². The number of nitrogens with one attached hydrogen (secondary N) is 1. The monoisotopic (exact) mass is 799 g/mol. The molecule has 0 aromatic heterocycles. The summed E-state index contributed by atoms with van der Waals surface area (Å²) in [7, 11) is -1.77. The minimum atomic E-state index is -4.35. The zero-order valence-electron chi connectivity index (χ0n) is 33.5. The van der Waals surface area contributed by atoms with E-state index in [0.717, 1.165) is 30.0 Å². The number of alkyl carbamates (subject to hydrolysis) is 1. The van der Waals surface area contributed by atoms with E-state index < -0.39 is 53.1 Å².